The van der Waals surface area contributed by atoms with Crippen molar-refractivity contribution in [3.05, 3.63) is 118 Å². The van der Waals surface area contributed by atoms with Gasteiger partial charge in [0.05, 0.1) is 6.54 Å². The summed E-state index contributed by atoms with van der Waals surface area (Å²) in [5.41, 5.74) is 14.8. The van der Waals surface area contributed by atoms with Crippen molar-refractivity contribution in [1.82, 2.24) is 14.5 Å². The number of hydrogen-bond acceptors (Lipinski definition) is 5. The van der Waals surface area contributed by atoms with E-state index in [1.54, 1.807) is 12.1 Å². The van der Waals surface area contributed by atoms with Gasteiger partial charge in [-0.2, -0.15) is 5.10 Å². The van der Waals surface area contributed by atoms with E-state index in [1.165, 1.54) is 0 Å². The molecule has 0 aliphatic heterocycles. The van der Waals surface area contributed by atoms with E-state index in [-0.39, 0.29) is 11.6 Å². The average Bonchev–Trinajstić information content (AvgIpc) is 3.30. The number of fused-ring (bicyclic) bond motifs is 1. The summed E-state index contributed by atoms with van der Waals surface area (Å²) in [5, 5.41) is 3.70. The lowest BCUT2D eigenvalue weighted by Gasteiger charge is -2.13. The Morgan fingerprint density at radius 1 is 0.921 bits per heavy atom. The van der Waals surface area contributed by atoms with E-state index in [9.17, 15) is 4.79 Å². The van der Waals surface area contributed by atoms with Gasteiger partial charge >= 0.3 is 0 Å². The predicted octanol–water partition coefficient (Wildman–Crippen LogP) is 5.14. The summed E-state index contributed by atoms with van der Waals surface area (Å²) >= 11 is 0. The van der Waals surface area contributed by atoms with Gasteiger partial charge in [-0.3, -0.25) is 4.79 Å². The molecule has 5 rings (SSSR count). The fourth-order valence-electron chi connectivity index (χ4n) is 4.83. The molecule has 0 unspecified atom stereocenters. The molecule has 7 nitrogen and oxygen atoms in total. The zero-order valence-electron chi connectivity index (χ0n) is 21.8. The highest BCUT2D eigenvalue weighted by atomic mass is 16.1. The minimum atomic E-state index is -0.0598. The molecule has 0 saturated heterocycles. The third kappa shape index (κ3) is 4.66. The number of hydrazone groups is 1. The van der Waals surface area contributed by atoms with Crippen LogP contribution in [0.25, 0.3) is 22.3 Å². The van der Waals surface area contributed by atoms with E-state index >= 15 is 0 Å². The Morgan fingerprint density at radius 3 is 2.34 bits per heavy atom. The number of nitrogens with zero attached hydrogens (tertiary/aromatic N) is 4. The zero-order chi connectivity index (χ0) is 26.8. The number of carbonyl (C=O) groups excluding carboxylic acids is 1. The van der Waals surface area contributed by atoms with Gasteiger partial charge in [0.1, 0.15) is 11.3 Å². The molecule has 190 valence electrons. The first-order chi connectivity index (χ1) is 18.4. The van der Waals surface area contributed by atoms with Gasteiger partial charge in [0, 0.05) is 28.8 Å². The molecular formula is C31H30N6O. The monoisotopic (exact) mass is 502 g/mol. The summed E-state index contributed by atoms with van der Waals surface area (Å²) < 4.78 is 2.19. The summed E-state index contributed by atoms with van der Waals surface area (Å²) in [6.07, 6.45) is 0.816. The van der Waals surface area contributed by atoms with Crippen molar-refractivity contribution in [3.8, 4) is 11.1 Å². The van der Waals surface area contributed by atoms with Crippen molar-refractivity contribution in [2.24, 2.45) is 16.7 Å². The van der Waals surface area contributed by atoms with E-state index in [2.05, 4.69) is 41.7 Å². The smallest absolute Gasteiger partial charge is 0.193 e. The van der Waals surface area contributed by atoms with Crippen molar-refractivity contribution >= 4 is 22.8 Å². The number of rotatable bonds is 7. The fourth-order valence-corrected chi connectivity index (χ4v) is 4.83. The quantitative estimate of drug-likeness (QED) is 0.105. The number of aryl methyl sites for hydroxylation is 3. The Kier molecular flexibility index (Phi) is 6.75. The van der Waals surface area contributed by atoms with E-state index < -0.39 is 0 Å². The SMILES string of the molecule is CCc1nc2c(C)cc(C)nc2n1Cc1ccc(-c2cc(C(=O)c3ccccc3)ccc2/C(N)=N/N)cc1. The maximum absolute atomic E-state index is 13.1. The lowest BCUT2D eigenvalue weighted by Crippen LogP contribution is -2.17. The number of benzene rings is 3. The van der Waals surface area contributed by atoms with Crippen LogP contribution in [0, 0.1) is 13.8 Å². The Hall–Kier alpha value is -4.78. The van der Waals surface area contributed by atoms with Crippen LogP contribution < -0.4 is 11.6 Å². The molecule has 0 amide bonds. The lowest BCUT2D eigenvalue weighted by molar-refractivity contribution is 0.103. The molecular weight excluding hydrogens is 472 g/mol. The highest BCUT2D eigenvalue weighted by molar-refractivity contribution is 6.11. The molecule has 3 aromatic carbocycles. The molecule has 4 N–H and O–H groups in total. The topological polar surface area (TPSA) is 112 Å². The van der Waals surface area contributed by atoms with Crippen LogP contribution >= 0.6 is 0 Å². The first kappa shape index (κ1) is 24.9. The van der Waals surface area contributed by atoms with Gasteiger partial charge in [-0.05, 0) is 54.3 Å². The lowest BCUT2D eigenvalue weighted by atomic mass is 9.93. The summed E-state index contributed by atoms with van der Waals surface area (Å²) in [6.45, 7) is 6.85. The number of pyridine rings is 1. The number of aromatic nitrogens is 3. The Morgan fingerprint density at radius 2 is 1.66 bits per heavy atom. The molecule has 0 fully saturated rings. The number of carbonyl (C=O) groups is 1. The third-order valence-electron chi connectivity index (χ3n) is 6.76. The second kappa shape index (κ2) is 10.3. The van der Waals surface area contributed by atoms with Gasteiger partial charge in [0.15, 0.2) is 17.3 Å². The largest absolute Gasteiger partial charge is 0.382 e. The molecule has 0 radical (unpaired) electrons. The molecule has 2 aromatic heterocycles. The maximum Gasteiger partial charge on any atom is 0.193 e. The third-order valence-corrected chi connectivity index (χ3v) is 6.76. The Labute approximate surface area is 221 Å². The number of nitrogens with two attached hydrogens (primary N) is 2. The number of ketones is 1. The first-order valence-corrected chi connectivity index (χ1v) is 12.6. The number of amidine groups is 1. The van der Waals surface area contributed by atoms with Crippen LogP contribution in [0.3, 0.4) is 0 Å². The van der Waals surface area contributed by atoms with E-state index in [1.807, 2.05) is 55.5 Å². The van der Waals surface area contributed by atoms with Crippen LogP contribution in [0.5, 0.6) is 0 Å². The van der Waals surface area contributed by atoms with Crippen LogP contribution in [-0.4, -0.2) is 26.2 Å². The predicted molar refractivity (Wildman–Crippen MR) is 152 cm³/mol. The van der Waals surface area contributed by atoms with Crippen LogP contribution in [0.4, 0.5) is 0 Å². The van der Waals surface area contributed by atoms with Crippen LogP contribution in [0.1, 0.15) is 51.1 Å². The molecule has 0 spiro atoms. The number of imidazole rings is 1. The van der Waals surface area contributed by atoms with E-state index in [4.69, 9.17) is 21.5 Å². The Bertz CT molecular complexity index is 1670. The van der Waals surface area contributed by atoms with Crippen molar-refractivity contribution in [2.45, 2.75) is 33.7 Å². The van der Waals surface area contributed by atoms with Gasteiger partial charge in [-0.1, -0.05) is 67.6 Å². The van der Waals surface area contributed by atoms with E-state index in [0.717, 1.165) is 51.4 Å². The highest BCUT2D eigenvalue weighted by Gasteiger charge is 2.16. The Balaban J connectivity index is 1.52. The highest BCUT2D eigenvalue weighted by Crippen LogP contribution is 2.28. The van der Waals surface area contributed by atoms with Crippen molar-refractivity contribution in [3.63, 3.8) is 0 Å². The van der Waals surface area contributed by atoms with Crippen LogP contribution in [-0.2, 0) is 13.0 Å². The van der Waals surface area contributed by atoms with Gasteiger partial charge in [0.25, 0.3) is 0 Å². The standard InChI is InChI=1S/C31H30N6O/c1-4-27-35-28-19(2)16-20(3)34-31(28)37(27)18-21-10-12-22(13-11-21)26-17-24(14-15-25(26)30(32)36-33)29(38)23-8-6-5-7-9-23/h5-17H,4,18,33H2,1-3H3,(H2,32,36). The van der Waals surface area contributed by atoms with Gasteiger partial charge in [-0.25, -0.2) is 9.97 Å². The molecule has 0 saturated carbocycles. The summed E-state index contributed by atoms with van der Waals surface area (Å²) in [4.78, 5) is 22.8. The molecule has 0 bridgehead atoms. The summed E-state index contributed by atoms with van der Waals surface area (Å²) in [5.74, 6) is 6.67. The molecule has 7 heteroatoms. The second-order valence-corrected chi connectivity index (χ2v) is 9.39. The second-order valence-electron chi connectivity index (χ2n) is 9.39. The molecule has 38 heavy (non-hydrogen) atoms. The molecule has 2 heterocycles. The van der Waals surface area contributed by atoms with Gasteiger partial charge < -0.3 is 16.1 Å². The zero-order valence-corrected chi connectivity index (χ0v) is 21.8. The fraction of sp³-hybridized carbons (Fsp3) is 0.161. The van der Waals surface area contributed by atoms with Crippen LogP contribution in [0.15, 0.2) is 84.0 Å². The van der Waals surface area contributed by atoms with Crippen molar-refractivity contribution < 1.29 is 4.79 Å². The number of hydrogen-bond donors (Lipinski definition) is 2. The average molecular weight is 503 g/mol. The molecule has 5 aromatic rings. The summed E-state index contributed by atoms with van der Waals surface area (Å²) in [6, 6.07) is 24.9. The van der Waals surface area contributed by atoms with Gasteiger partial charge in [-0.15, -0.1) is 0 Å². The van der Waals surface area contributed by atoms with Crippen molar-refractivity contribution in [1.29, 1.82) is 0 Å². The molecule has 0 aliphatic rings. The molecule has 0 atom stereocenters. The van der Waals surface area contributed by atoms with Crippen molar-refractivity contribution in [2.75, 3.05) is 0 Å². The summed E-state index contributed by atoms with van der Waals surface area (Å²) in [7, 11) is 0. The minimum Gasteiger partial charge on any atom is -0.382 e. The minimum absolute atomic E-state index is 0.0598. The first-order valence-electron chi connectivity index (χ1n) is 12.6. The van der Waals surface area contributed by atoms with E-state index in [0.29, 0.717) is 23.2 Å². The maximum atomic E-state index is 13.1. The van der Waals surface area contributed by atoms with Crippen LogP contribution in [0.2, 0.25) is 0 Å². The molecule has 0 aliphatic carbocycles. The van der Waals surface area contributed by atoms with Gasteiger partial charge in [0.2, 0.25) is 0 Å². The normalized spacial score (nSPS) is 11.7.